The van der Waals surface area contributed by atoms with Crippen LogP contribution >= 0.6 is 0 Å². The second kappa shape index (κ2) is 13.8. The third-order valence-corrected chi connectivity index (χ3v) is 8.52. The Morgan fingerprint density at radius 3 is 2.52 bits per heavy atom. The van der Waals surface area contributed by atoms with E-state index in [0.29, 0.717) is 18.1 Å². The largest absolute Gasteiger partial charge is 0.465 e. The highest BCUT2D eigenvalue weighted by Gasteiger charge is 2.37. The van der Waals surface area contributed by atoms with E-state index in [1.807, 2.05) is 44.3 Å². The fraction of sp³-hybridized carbons (Fsp3) is 0.333. The van der Waals surface area contributed by atoms with Crippen LogP contribution in [0.4, 0.5) is 4.79 Å². The maximum atomic E-state index is 13.3. The predicted molar refractivity (Wildman–Crippen MR) is 175 cm³/mol. The zero-order chi connectivity index (χ0) is 32.0. The minimum absolute atomic E-state index is 0.183. The number of H-pyrrole nitrogens is 2. The molecule has 0 saturated carbocycles. The van der Waals surface area contributed by atoms with Crippen molar-refractivity contribution in [3.05, 3.63) is 83.8 Å². The maximum absolute atomic E-state index is 13.3. The lowest BCUT2D eigenvalue weighted by Gasteiger charge is -2.29. The van der Waals surface area contributed by atoms with E-state index in [9.17, 15) is 14.7 Å². The highest BCUT2D eigenvalue weighted by Crippen LogP contribution is 2.32. The maximum Gasteiger partial charge on any atom is 0.405 e. The second-order valence-corrected chi connectivity index (χ2v) is 12.0. The molecule has 10 heteroatoms. The summed E-state index contributed by atoms with van der Waals surface area (Å²) in [5.74, 6) is 13.4. The van der Waals surface area contributed by atoms with Crippen molar-refractivity contribution in [2.24, 2.45) is 5.92 Å². The quantitative estimate of drug-likeness (QED) is 0.180. The van der Waals surface area contributed by atoms with Gasteiger partial charge in [0.15, 0.2) is 0 Å². The van der Waals surface area contributed by atoms with Gasteiger partial charge in [0.25, 0.3) is 0 Å². The number of carboxylic acid groups (broad SMARTS) is 1. The molecular weight excluding hydrogens is 578 g/mol. The number of hydrogen-bond acceptors (Lipinski definition) is 5. The Bertz CT molecular complexity index is 1830. The molecule has 2 aliphatic rings. The third-order valence-electron chi connectivity index (χ3n) is 8.52. The number of carbonyl (C=O) groups is 2. The highest BCUT2D eigenvalue weighted by molar-refractivity contribution is 5.86. The van der Waals surface area contributed by atoms with Crippen molar-refractivity contribution in [2.45, 2.75) is 57.7 Å². The molecule has 4 aromatic rings. The van der Waals surface area contributed by atoms with Crippen molar-refractivity contribution in [1.82, 2.24) is 35.5 Å². The molecule has 2 saturated heterocycles. The molecule has 2 aromatic heterocycles. The SMILES string of the molecule is CC(C)[C@H](NC(=O)O)C(=O)N1CCCC1c1ncc(C#CC#Cc2ccc(-c3cnc(C4CCCN4)[nH]3)cc2-c2ccccc2)[nH]1. The van der Waals surface area contributed by atoms with Crippen LogP contribution in [0.3, 0.4) is 0 Å². The number of nitrogens with one attached hydrogen (secondary N) is 4. The fourth-order valence-corrected chi connectivity index (χ4v) is 6.16. The Balaban J connectivity index is 1.20. The fourth-order valence-electron chi connectivity index (χ4n) is 6.16. The van der Waals surface area contributed by atoms with Gasteiger partial charge < -0.3 is 30.6 Å². The molecule has 2 unspecified atom stereocenters. The second-order valence-electron chi connectivity index (χ2n) is 12.0. The Morgan fingerprint density at radius 2 is 1.76 bits per heavy atom. The molecule has 5 N–H and O–H groups in total. The molecular formula is C36H37N7O3. The molecule has 2 amide bonds. The first-order valence-corrected chi connectivity index (χ1v) is 15.7. The van der Waals surface area contributed by atoms with Gasteiger partial charge in [-0.3, -0.25) is 4.79 Å². The summed E-state index contributed by atoms with van der Waals surface area (Å²) in [6.45, 7) is 5.21. The molecule has 3 atom stereocenters. The summed E-state index contributed by atoms with van der Waals surface area (Å²) in [5, 5.41) is 15.1. The van der Waals surface area contributed by atoms with Crippen molar-refractivity contribution < 1.29 is 14.7 Å². The van der Waals surface area contributed by atoms with Gasteiger partial charge in [-0.05, 0) is 79.2 Å². The molecule has 0 aliphatic carbocycles. The van der Waals surface area contributed by atoms with Crippen LogP contribution in [0.15, 0.2) is 60.9 Å². The van der Waals surface area contributed by atoms with E-state index in [0.717, 1.165) is 66.0 Å². The molecule has 2 aromatic carbocycles. The van der Waals surface area contributed by atoms with E-state index in [1.54, 1.807) is 11.1 Å². The van der Waals surface area contributed by atoms with Crippen LogP contribution in [0.25, 0.3) is 22.4 Å². The molecule has 10 nitrogen and oxygen atoms in total. The number of rotatable bonds is 7. The first kappa shape index (κ1) is 30.7. The van der Waals surface area contributed by atoms with Gasteiger partial charge in [0.05, 0.1) is 30.2 Å². The van der Waals surface area contributed by atoms with Crippen LogP contribution in [0, 0.1) is 29.6 Å². The number of aromatic amines is 2. The number of imidazole rings is 2. The minimum atomic E-state index is -1.21. The smallest absolute Gasteiger partial charge is 0.405 e. The number of hydrogen-bond donors (Lipinski definition) is 5. The standard InChI is InChI=1S/C36H37N7O3/c1-23(2)32(42-36(45)46)35(44)43-19-9-15-31(43)34-38-21-27(40-34)13-7-6-12-25-16-17-26(20-28(25)24-10-4-3-5-11-24)30-22-39-33(41-30)29-14-8-18-37-29/h3-5,10-11,16-17,20-23,29,31-32,37,42H,8-9,14-15,18-19H2,1-2H3,(H,38,40)(H,39,41)(H,45,46)/t29?,31?,32-/m0/s1. The Kier molecular flexibility index (Phi) is 9.18. The van der Waals surface area contributed by atoms with Gasteiger partial charge >= 0.3 is 6.09 Å². The molecule has 2 aliphatic heterocycles. The topological polar surface area (TPSA) is 139 Å². The van der Waals surface area contributed by atoms with Gasteiger partial charge in [-0.2, -0.15) is 0 Å². The average molecular weight is 616 g/mol. The lowest BCUT2D eigenvalue weighted by molar-refractivity contribution is -0.135. The van der Waals surface area contributed by atoms with Crippen LogP contribution in [-0.4, -0.2) is 61.1 Å². The summed E-state index contributed by atoms with van der Waals surface area (Å²) in [4.78, 5) is 42.1. The first-order chi connectivity index (χ1) is 22.4. The molecule has 46 heavy (non-hydrogen) atoms. The number of nitrogens with zero attached hydrogens (tertiary/aromatic N) is 3. The van der Waals surface area contributed by atoms with Gasteiger partial charge in [0.1, 0.15) is 23.4 Å². The third kappa shape index (κ3) is 6.83. The normalized spacial score (nSPS) is 18.0. The van der Waals surface area contributed by atoms with Crippen molar-refractivity contribution in [3.63, 3.8) is 0 Å². The monoisotopic (exact) mass is 615 g/mol. The highest BCUT2D eigenvalue weighted by atomic mass is 16.4. The number of likely N-dealkylation sites (tertiary alicyclic amines) is 1. The molecule has 0 radical (unpaired) electrons. The van der Waals surface area contributed by atoms with Gasteiger partial charge in [-0.1, -0.05) is 56.2 Å². The van der Waals surface area contributed by atoms with Gasteiger partial charge in [-0.25, -0.2) is 14.8 Å². The van der Waals surface area contributed by atoms with E-state index < -0.39 is 12.1 Å². The lowest BCUT2D eigenvalue weighted by atomic mass is 9.96. The van der Waals surface area contributed by atoms with Crippen LogP contribution in [-0.2, 0) is 4.79 Å². The van der Waals surface area contributed by atoms with E-state index in [2.05, 4.69) is 78.5 Å². The summed E-state index contributed by atoms with van der Waals surface area (Å²) in [6, 6.07) is 15.6. The first-order valence-electron chi connectivity index (χ1n) is 15.7. The van der Waals surface area contributed by atoms with Crippen LogP contribution < -0.4 is 10.6 Å². The average Bonchev–Trinajstić information content (AvgIpc) is 3.89. The van der Waals surface area contributed by atoms with Crippen molar-refractivity contribution in [1.29, 1.82) is 0 Å². The number of benzene rings is 2. The predicted octanol–water partition coefficient (Wildman–Crippen LogP) is 5.25. The molecule has 2 fully saturated rings. The Labute approximate surface area is 268 Å². The summed E-state index contributed by atoms with van der Waals surface area (Å²) in [7, 11) is 0. The molecule has 6 rings (SSSR count). The summed E-state index contributed by atoms with van der Waals surface area (Å²) in [5.41, 5.74) is 5.53. The number of amides is 2. The molecule has 0 bridgehead atoms. The van der Waals surface area contributed by atoms with E-state index >= 15 is 0 Å². The van der Waals surface area contributed by atoms with Gasteiger partial charge in [0, 0.05) is 17.7 Å². The van der Waals surface area contributed by atoms with Crippen molar-refractivity contribution >= 4 is 12.0 Å². The Hall–Kier alpha value is -5.32. The van der Waals surface area contributed by atoms with E-state index in [4.69, 9.17) is 0 Å². The zero-order valence-corrected chi connectivity index (χ0v) is 25.9. The summed E-state index contributed by atoms with van der Waals surface area (Å²) < 4.78 is 0. The summed E-state index contributed by atoms with van der Waals surface area (Å²) >= 11 is 0. The number of aromatic nitrogens is 4. The minimum Gasteiger partial charge on any atom is -0.465 e. The zero-order valence-electron chi connectivity index (χ0n) is 25.9. The molecule has 0 spiro atoms. The van der Waals surface area contributed by atoms with Gasteiger partial charge in [0.2, 0.25) is 5.91 Å². The van der Waals surface area contributed by atoms with Crippen molar-refractivity contribution in [2.75, 3.05) is 13.1 Å². The molecule has 4 heterocycles. The van der Waals surface area contributed by atoms with Crippen molar-refractivity contribution in [3.8, 4) is 46.1 Å². The van der Waals surface area contributed by atoms with Gasteiger partial charge in [-0.15, -0.1) is 0 Å². The van der Waals surface area contributed by atoms with E-state index in [1.165, 1.54) is 0 Å². The number of carbonyl (C=O) groups excluding carboxylic acids is 1. The Morgan fingerprint density at radius 1 is 0.957 bits per heavy atom. The van der Waals surface area contributed by atoms with Crippen LogP contribution in [0.5, 0.6) is 0 Å². The van der Waals surface area contributed by atoms with Crippen LogP contribution in [0.2, 0.25) is 0 Å². The van der Waals surface area contributed by atoms with E-state index in [-0.39, 0.29) is 23.9 Å². The summed E-state index contributed by atoms with van der Waals surface area (Å²) in [6.07, 6.45) is 6.11. The molecule has 234 valence electrons. The lowest BCUT2D eigenvalue weighted by Crippen LogP contribution is -2.50. The van der Waals surface area contributed by atoms with Crippen LogP contribution in [0.1, 0.15) is 74.5 Å².